The van der Waals surface area contributed by atoms with Gasteiger partial charge in [-0.25, -0.2) is 0 Å². The van der Waals surface area contributed by atoms with Crippen LogP contribution in [0.1, 0.15) is 25.0 Å². The van der Waals surface area contributed by atoms with Crippen molar-refractivity contribution in [3.63, 3.8) is 0 Å². The summed E-state index contributed by atoms with van der Waals surface area (Å²) in [5, 5.41) is 5.67. The molecule has 7 nitrogen and oxygen atoms in total. The van der Waals surface area contributed by atoms with Crippen molar-refractivity contribution in [2.24, 2.45) is 5.41 Å². The maximum Gasteiger partial charge on any atom is 0.235 e. The van der Waals surface area contributed by atoms with E-state index in [0.29, 0.717) is 31.0 Å². The van der Waals surface area contributed by atoms with Crippen LogP contribution in [0.2, 0.25) is 0 Å². The van der Waals surface area contributed by atoms with Gasteiger partial charge in [-0.05, 0) is 55.7 Å². The minimum atomic E-state index is -1.19. The Morgan fingerprint density at radius 3 is 2.55 bits per heavy atom. The number of ether oxygens (including phenoxy) is 3. The fourth-order valence-corrected chi connectivity index (χ4v) is 2.93. The van der Waals surface area contributed by atoms with E-state index < -0.39 is 5.41 Å². The largest absolute Gasteiger partial charge is 0.497 e. The number of amides is 2. The number of fused-ring (bicyclic) bond motifs is 1. The second-order valence-electron chi connectivity index (χ2n) is 7.35. The van der Waals surface area contributed by atoms with Crippen LogP contribution in [0.15, 0.2) is 42.5 Å². The third-order valence-corrected chi connectivity index (χ3v) is 4.86. The highest BCUT2D eigenvalue weighted by atomic mass is 16.7. The first kappa shape index (κ1) is 20.5. The van der Waals surface area contributed by atoms with Gasteiger partial charge in [0, 0.05) is 13.1 Å². The van der Waals surface area contributed by atoms with Crippen molar-refractivity contribution in [3.8, 4) is 17.2 Å². The third-order valence-electron chi connectivity index (χ3n) is 4.86. The lowest BCUT2D eigenvalue weighted by molar-refractivity contribution is -0.141. The zero-order valence-electron chi connectivity index (χ0n) is 16.9. The van der Waals surface area contributed by atoms with Gasteiger partial charge in [0.2, 0.25) is 18.6 Å². The molecule has 0 spiro atoms. The van der Waals surface area contributed by atoms with E-state index in [9.17, 15) is 9.59 Å². The Labute approximate surface area is 170 Å². The predicted octanol–water partition coefficient (Wildman–Crippen LogP) is 2.43. The van der Waals surface area contributed by atoms with Crippen molar-refractivity contribution in [3.05, 3.63) is 53.6 Å². The quantitative estimate of drug-likeness (QED) is 0.667. The first-order valence-corrected chi connectivity index (χ1v) is 9.48. The van der Waals surface area contributed by atoms with E-state index in [0.717, 1.165) is 16.9 Å². The Kier molecular flexibility index (Phi) is 6.26. The molecule has 2 aromatic rings. The van der Waals surface area contributed by atoms with Gasteiger partial charge in [0.15, 0.2) is 11.5 Å². The molecule has 1 heterocycles. The van der Waals surface area contributed by atoms with Gasteiger partial charge < -0.3 is 24.8 Å². The SMILES string of the molecule is COc1cccc(CCNC(=O)C(C)(C)C(=O)NCc2ccc3c(c2)OCO3)c1. The predicted molar refractivity (Wildman–Crippen MR) is 108 cm³/mol. The first-order chi connectivity index (χ1) is 13.9. The average molecular weight is 398 g/mol. The molecule has 0 atom stereocenters. The summed E-state index contributed by atoms with van der Waals surface area (Å²) < 4.78 is 15.8. The van der Waals surface area contributed by atoms with E-state index in [1.807, 2.05) is 36.4 Å². The lowest BCUT2D eigenvalue weighted by Crippen LogP contribution is -2.48. The van der Waals surface area contributed by atoms with Crippen LogP contribution >= 0.6 is 0 Å². The van der Waals surface area contributed by atoms with Crippen molar-refractivity contribution in [1.29, 1.82) is 0 Å². The third kappa shape index (κ3) is 4.99. The van der Waals surface area contributed by atoms with Crippen LogP contribution in [0, 0.1) is 5.41 Å². The van der Waals surface area contributed by atoms with Crippen molar-refractivity contribution in [1.82, 2.24) is 10.6 Å². The second kappa shape index (κ2) is 8.86. The standard InChI is InChI=1S/C22H26N2O5/c1-22(2,20(25)23-10-9-15-5-4-6-17(11-15)27-3)21(26)24-13-16-7-8-18-19(12-16)29-14-28-18/h4-8,11-12H,9-10,13-14H2,1-3H3,(H,23,25)(H,24,26). The Balaban J connectivity index is 1.49. The summed E-state index contributed by atoms with van der Waals surface area (Å²) in [7, 11) is 1.62. The van der Waals surface area contributed by atoms with Crippen LogP contribution in [0.3, 0.4) is 0 Å². The smallest absolute Gasteiger partial charge is 0.235 e. The summed E-state index contributed by atoms with van der Waals surface area (Å²) in [6.45, 7) is 4.17. The summed E-state index contributed by atoms with van der Waals surface area (Å²) in [6, 6.07) is 13.2. The van der Waals surface area contributed by atoms with Crippen molar-refractivity contribution in [2.45, 2.75) is 26.8 Å². The van der Waals surface area contributed by atoms with Crippen molar-refractivity contribution in [2.75, 3.05) is 20.4 Å². The molecule has 2 amide bonds. The van der Waals surface area contributed by atoms with Crippen LogP contribution in [0.5, 0.6) is 17.2 Å². The normalized spacial score (nSPS) is 12.4. The number of hydrogen-bond acceptors (Lipinski definition) is 5. The van der Waals surface area contributed by atoms with Crippen LogP contribution in [0.4, 0.5) is 0 Å². The van der Waals surface area contributed by atoms with Gasteiger partial charge in [-0.2, -0.15) is 0 Å². The summed E-state index contributed by atoms with van der Waals surface area (Å²) in [6.07, 6.45) is 0.651. The molecule has 0 aliphatic carbocycles. The zero-order chi connectivity index (χ0) is 20.9. The Hall–Kier alpha value is -3.22. The molecule has 1 aliphatic heterocycles. The van der Waals surface area contributed by atoms with E-state index in [1.165, 1.54) is 0 Å². The Bertz CT molecular complexity index is 895. The number of nitrogens with one attached hydrogen (secondary N) is 2. The molecule has 1 aliphatic rings. The maximum atomic E-state index is 12.6. The first-order valence-electron chi connectivity index (χ1n) is 9.48. The Morgan fingerprint density at radius 1 is 1.00 bits per heavy atom. The molecule has 7 heteroatoms. The fourth-order valence-electron chi connectivity index (χ4n) is 2.93. The molecule has 0 aromatic heterocycles. The molecule has 0 fully saturated rings. The molecular weight excluding hydrogens is 372 g/mol. The van der Waals surface area contributed by atoms with Gasteiger partial charge in [0.05, 0.1) is 7.11 Å². The molecule has 2 N–H and O–H groups in total. The van der Waals surface area contributed by atoms with Gasteiger partial charge in [0.25, 0.3) is 0 Å². The molecule has 2 aromatic carbocycles. The highest BCUT2D eigenvalue weighted by Gasteiger charge is 2.35. The molecule has 3 rings (SSSR count). The summed E-state index contributed by atoms with van der Waals surface area (Å²) in [5.41, 5.74) is 0.733. The minimum Gasteiger partial charge on any atom is -0.497 e. The highest BCUT2D eigenvalue weighted by molar-refractivity contribution is 6.04. The van der Waals surface area contributed by atoms with Crippen molar-refractivity contribution >= 4 is 11.8 Å². The monoisotopic (exact) mass is 398 g/mol. The molecule has 0 saturated carbocycles. The molecular formula is C22H26N2O5. The van der Waals surface area contributed by atoms with E-state index in [-0.39, 0.29) is 18.6 Å². The lowest BCUT2D eigenvalue weighted by atomic mass is 9.91. The van der Waals surface area contributed by atoms with E-state index in [2.05, 4.69) is 10.6 Å². The zero-order valence-corrected chi connectivity index (χ0v) is 16.9. The molecule has 29 heavy (non-hydrogen) atoms. The van der Waals surface area contributed by atoms with E-state index in [1.54, 1.807) is 27.0 Å². The van der Waals surface area contributed by atoms with Gasteiger partial charge in [0.1, 0.15) is 11.2 Å². The van der Waals surface area contributed by atoms with Gasteiger partial charge >= 0.3 is 0 Å². The summed E-state index contributed by atoms with van der Waals surface area (Å²) in [5.74, 6) is 1.47. The Morgan fingerprint density at radius 2 is 1.76 bits per heavy atom. The number of rotatable bonds is 8. The van der Waals surface area contributed by atoms with E-state index in [4.69, 9.17) is 14.2 Å². The molecule has 154 valence electrons. The van der Waals surface area contributed by atoms with Gasteiger partial charge in [-0.3, -0.25) is 9.59 Å². The van der Waals surface area contributed by atoms with Crippen LogP contribution in [-0.4, -0.2) is 32.3 Å². The van der Waals surface area contributed by atoms with Crippen LogP contribution in [-0.2, 0) is 22.6 Å². The number of methoxy groups -OCH3 is 1. The van der Waals surface area contributed by atoms with Gasteiger partial charge in [-0.15, -0.1) is 0 Å². The number of carbonyl (C=O) groups excluding carboxylic acids is 2. The molecule has 0 radical (unpaired) electrons. The minimum absolute atomic E-state index is 0.202. The number of benzene rings is 2. The summed E-state index contributed by atoms with van der Waals surface area (Å²) in [4.78, 5) is 25.1. The van der Waals surface area contributed by atoms with E-state index >= 15 is 0 Å². The van der Waals surface area contributed by atoms with Crippen LogP contribution < -0.4 is 24.8 Å². The second-order valence-corrected chi connectivity index (χ2v) is 7.35. The number of carbonyl (C=O) groups is 2. The van der Waals surface area contributed by atoms with Crippen molar-refractivity contribution < 1.29 is 23.8 Å². The highest BCUT2D eigenvalue weighted by Crippen LogP contribution is 2.32. The summed E-state index contributed by atoms with van der Waals surface area (Å²) >= 11 is 0. The lowest BCUT2D eigenvalue weighted by Gasteiger charge is -2.23. The van der Waals surface area contributed by atoms with Crippen LogP contribution in [0.25, 0.3) is 0 Å². The molecule has 0 saturated heterocycles. The fraction of sp³-hybridized carbons (Fsp3) is 0.364. The molecule has 0 unspecified atom stereocenters. The van der Waals surface area contributed by atoms with Gasteiger partial charge in [-0.1, -0.05) is 18.2 Å². The molecule has 0 bridgehead atoms. The number of hydrogen-bond donors (Lipinski definition) is 2. The maximum absolute atomic E-state index is 12.6. The average Bonchev–Trinajstić information content (AvgIpc) is 3.19. The topological polar surface area (TPSA) is 85.9 Å².